The van der Waals surface area contributed by atoms with Gasteiger partial charge < -0.3 is 10.0 Å². The van der Waals surface area contributed by atoms with Gasteiger partial charge in [0.05, 0.1) is 0 Å². The van der Waals surface area contributed by atoms with Gasteiger partial charge in [0.1, 0.15) is 11.4 Å². The zero-order chi connectivity index (χ0) is 19.8. The van der Waals surface area contributed by atoms with Crippen LogP contribution >= 0.6 is 23.4 Å². The first kappa shape index (κ1) is 19.8. The number of carbonyl (C=O) groups is 2. The molecule has 0 bridgehead atoms. The molecule has 2 aromatic carbocycles. The quantitative estimate of drug-likeness (QED) is 0.785. The first-order valence-electron chi connectivity index (χ1n) is 8.71. The Morgan fingerprint density at radius 3 is 2.19 bits per heavy atom. The molecule has 0 spiro atoms. The van der Waals surface area contributed by atoms with Gasteiger partial charge in [0.25, 0.3) is 5.91 Å². The molecule has 3 rings (SSSR count). The molecule has 1 aliphatic rings. The molecule has 0 radical (unpaired) electrons. The average molecular weight is 404 g/mol. The van der Waals surface area contributed by atoms with Gasteiger partial charge in [0.2, 0.25) is 0 Å². The lowest BCUT2D eigenvalue weighted by molar-refractivity contribution is -0.141. The Kier molecular flexibility index (Phi) is 5.54. The van der Waals surface area contributed by atoms with Crippen molar-refractivity contribution in [2.24, 2.45) is 0 Å². The normalized spacial score (nSPS) is 19.9. The van der Waals surface area contributed by atoms with Gasteiger partial charge in [-0.3, -0.25) is 4.79 Å². The lowest BCUT2D eigenvalue weighted by Gasteiger charge is -2.28. The highest BCUT2D eigenvalue weighted by Gasteiger charge is 2.42. The molecule has 1 heterocycles. The number of carbonyl (C=O) groups excluding carboxylic acids is 1. The fourth-order valence-corrected chi connectivity index (χ4v) is 4.64. The molecular formula is C21H22ClNO3S. The van der Waals surface area contributed by atoms with Gasteiger partial charge in [0, 0.05) is 16.3 Å². The van der Waals surface area contributed by atoms with E-state index in [0.29, 0.717) is 16.3 Å². The highest BCUT2D eigenvalue weighted by molar-refractivity contribution is 7.99. The standard InChI is InChI=1S/C21H22ClNO3S/c1-21(2,3)15-8-4-14(5-9-15)19-23(17(12-27-19)20(25)26)18(24)13-6-10-16(22)11-7-13/h4-11,17,19H,12H2,1-3H3,(H,25,26)/t17-,19+/m1/s1. The molecule has 1 saturated heterocycles. The topological polar surface area (TPSA) is 57.6 Å². The number of hydrogen-bond acceptors (Lipinski definition) is 3. The van der Waals surface area contributed by atoms with Crippen LogP contribution in [0.3, 0.4) is 0 Å². The number of halogens is 1. The molecule has 4 nitrogen and oxygen atoms in total. The molecule has 0 unspecified atom stereocenters. The van der Waals surface area contributed by atoms with Crippen molar-refractivity contribution in [3.63, 3.8) is 0 Å². The van der Waals surface area contributed by atoms with E-state index in [0.717, 1.165) is 5.56 Å². The van der Waals surface area contributed by atoms with E-state index in [4.69, 9.17) is 11.6 Å². The van der Waals surface area contributed by atoms with Crippen LogP contribution in [0, 0.1) is 0 Å². The SMILES string of the molecule is CC(C)(C)c1ccc([C@@H]2SC[C@H](C(=O)O)N2C(=O)c2ccc(Cl)cc2)cc1. The van der Waals surface area contributed by atoms with E-state index in [1.807, 2.05) is 12.1 Å². The second kappa shape index (κ2) is 7.56. The summed E-state index contributed by atoms with van der Waals surface area (Å²) in [7, 11) is 0. The minimum absolute atomic E-state index is 0.0315. The maximum absolute atomic E-state index is 13.1. The van der Waals surface area contributed by atoms with Crippen LogP contribution in [0.4, 0.5) is 0 Å². The number of aliphatic carboxylic acids is 1. The molecule has 2 aromatic rings. The van der Waals surface area contributed by atoms with E-state index in [-0.39, 0.29) is 16.7 Å². The maximum Gasteiger partial charge on any atom is 0.327 e. The summed E-state index contributed by atoms with van der Waals surface area (Å²) in [6.45, 7) is 6.43. The van der Waals surface area contributed by atoms with Crippen molar-refractivity contribution in [1.82, 2.24) is 4.90 Å². The predicted molar refractivity (Wildman–Crippen MR) is 109 cm³/mol. The van der Waals surface area contributed by atoms with Crippen molar-refractivity contribution in [3.05, 3.63) is 70.2 Å². The van der Waals surface area contributed by atoms with Crippen molar-refractivity contribution in [2.45, 2.75) is 37.6 Å². The molecule has 1 fully saturated rings. The summed E-state index contributed by atoms with van der Waals surface area (Å²) in [5.74, 6) is -0.923. The Balaban J connectivity index is 1.95. The second-order valence-electron chi connectivity index (χ2n) is 7.63. The van der Waals surface area contributed by atoms with E-state index in [2.05, 4.69) is 32.9 Å². The fraction of sp³-hybridized carbons (Fsp3) is 0.333. The van der Waals surface area contributed by atoms with Crippen LogP contribution in [0.5, 0.6) is 0 Å². The summed E-state index contributed by atoms with van der Waals surface area (Å²) in [5.41, 5.74) is 2.59. The van der Waals surface area contributed by atoms with Crippen LogP contribution in [0.25, 0.3) is 0 Å². The summed E-state index contributed by atoms with van der Waals surface area (Å²) in [4.78, 5) is 26.3. The number of benzene rings is 2. The number of thioether (sulfide) groups is 1. The number of amides is 1. The molecular weight excluding hydrogens is 382 g/mol. The maximum atomic E-state index is 13.1. The third-order valence-corrected chi connectivity index (χ3v) is 6.25. The van der Waals surface area contributed by atoms with Crippen LogP contribution in [0.1, 0.15) is 47.6 Å². The van der Waals surface area contributed by atoms with Crippen LogP contribution in [-0.4, -0.2) is 33.7 Å². The minimum atomic E-state index is -0.987. The van der Waals surface area contributed by atoms with Crippen molar-refractivity contribution in [3.8, 4) is 0 Å². The highest BCUT2D eigenvalue weighted by Crippen LogP contribution is 2.42. The van der Waals surface area contributed by atoms with E-state index < -0.39 is 12.0 Å². The Morgan fingerprint density at radius 1 is 1.07 bits per heavy atom. The van der Waals surface area contributed by atoms with Crippen LogP contribution < -0.4 is 0 Å². The van der Waals surface area contributed by atoms with Gasteiger partial charge in [0.15, 0.2) is 0 Å². The smallest absolute Gasteiger partial charge is 0.327 e. The summed E-state index contributed by atoms with van der Waals surface area (Å²) < 4.78 is 0. The predicted octanol–water partition coefficient (Wildman–Crippen LogP) is 4.98. The molecule has 0 aliphatic carbocycles. The largest absolute Gasteiger partial charge is 0.480 e. The number of carboxylic acids is 1. The molecule has 2 atom stereocenters. The van der Waals surface area contributed by atoms with Gasteiger partial charge >= 0.3 is 5.97 Å². The Hall–Kier alpha value is -1.98. The number of rotatable bonds is 3. The monoisotopic (exact) mass is 403 g/mol. The first-order chi connectivity index (χ1) is 12.7. The molecule has 1 aliphatic heterocycles. The average Bonchev–Trinajstić information content (AvgIpc) is 3.06. The Labute approximate surface area is 168 Å². The van der Waals surface area contributed by atoms with Crippen molar-refractivity contribution in [1.29, 1.82) is 0 Å². The van der Waals surface area contributed by atoms with Gasteiger partial charge in [-0.15, -0.1) is 11.8 Å². The zero-order valence-electron chi connectivity index (χ0n) is 15.5. The first-order valence-corrected chi connectivity index (χ1v) is 10.1. The molecule has 6 heteroatoms. The van der Waals surface area contributed by atoms with E-state index in [9.17, 15) is 14.7 Å². The molecule has 1 amide bonds. The summed E-state index contributed by atoms with van der Waals surface area (Å²) >= 11 is 7.39. The molecule has 1 N–H and O–H groups in total. The van der Waals surface area contributed by atoms with Crippen molar-refractivity contribution < 1.29 is 14.7 Å². The third-order valence-electron chi connectivity index (χ3n) is 4.67. The lowest BCUT2D eigenvalue weighted by atomic mass is 9.86. The second-order valence-corrected chi connectivity index (χ2v) is 9.18. The Bertz CT molecular complexity index is 843. The lowest BCUT2D eigenvalue weighted by Crippen LogP contribution is -2.42. The van der Waals surface area contributed by atoms with Crippen LogP contribution in [0.2, 0.25) is 5.02 Å². The summed E-state index contributed by atoms with van der Waals surface area (Å²) in [6, 6.07) is 13.8. The van der Waals surface area contributed by atoms with Crippen molar-refractivity contribution >= 4 is 35.2 Å². The number of carboxylic acid groups (broad SMARTS) is 1. The van der Waals surface area contributed by atoms with Gasteiger partial charge in [-0.25, -0.2) is 4.79 Å². The fourth-order valence-electron chi connectivity index (χ4n) is 3.09. The van der Waals surface area contributed by atoms with Crippen LogP contribution in [-0.2, 0) is 10.2 Å². The number of nitrogens with zero attached hydrogens (tertiary/aromatic N) is 1. The minimum Gasteiger partial charge on any atom is -0.480 e. The third kappa shape index (κ3) is 4.14. The van der Waals surface area contributed by atoms with Crippen molar-refractivity contribution in [2.75, 3.05) is 5.75 Å². The van der Waals surface area contributed by atoms with E-state index in [1.165, 1.54) is 22.2 Å². The summed E-state index contributed by atoms with van der Waals surface area (Å²) in [6.07, 6.45) is 0. The molecule has 0 saturated carbocycles. The van der Waals surface area contributed by atoms with Gasteiger partial charge in [-0.2, -0.15) is 0 Å². The van der Waals surface area contributed by atoms with Crippen LogP contribution in [0.15, 0.2) is 48.5 Å². The summed E-state index contributed by atoms with van der Waals surface area (Å²) in [5, 5.41) is 9.81. The number of hydrogen-bond donors (Lipinski definition) is 1. The highest BCUT2D eigenvalue weighted by atomic mass is 35.5. The zero-order valence-corrected chi connectivity index (χ0v) is 17.1. The molecule has 142 valence electrons. The van der Waals surface area contributed by atoms with Gasteiger partial charge in [-0.1, -0.05) is 56.6 Å². The van der Waals surface area contributed by atoms with E-state index in [1.54, 1.807) is 24.3 Å². The Morgan fingerprint density at radius 2 is 1.67 bits per heavy atom. The molecule has 27 heavy (non-hydrogen) atoms. The van der Waals surface area contributed by atoms with Gasteiger partial charge in [-0.05, 0) is 40.8 Å². The van der Waals surface area contributed by atoms with E-state index >= 15 is 0 Å². The molecule has 0 aromatic heterocycles.